The van der Waals surface area contributed by atoms with Crippen molar-refractivity contribution in [3.05, 3.63) is 29.8 Å². The molecule has 0 amide bonds. The summed E-state index contributed by atoms with van der Waals surface area (Å²) in [5.41, 5.74) is 6.93. The number of benzene rings is 1. The van der Waals surface area contributed by atoms with Gasteiger partial charge in [-0.3, -0.25) is 0 Å². The molecular weight excluding hydrogens is 214 g/mol. The van der Waals surface area contributed by atoms with Crippen molar-refractivity contribution in [2.24, 2.45) is 11.7 Å². The molecule has 1 aromatic rings. The lowest BCUT2D eigenvalue weighted by Gasteiger charge is -2.14. The smallest absolute Gasteiger partial charge is 0.328 e. The second kappa shape index (κ2) is 5.82. The lowest BCUT2D eigenvalue weighted by Crippen LogP contribution is -2.38. The van der Waals surface area contributed by atoms with E-state index in [4.69, 9.17) is 10.5 Å². The van der Waals surface area contributed by atoms with Gasteiger partial charge in [-0.05, 0) is 29.5 Å². The van der Waals surface area contributed by atoms with Gasteiger partial charge in [0.05, 0.1) is 0 Å². The van der Waals surface area contributed by atoms with E-state index in [1.165, 1.54) is 5.56 Å². The highest BCUT2D eigenvalue weighted by Crippen LogP contribution is 2.19. The highest BCUT2D eigenvalue weighted by atomic mass is 16.5. The standard InChI is InChI=1S/C14H21NO2/c1-9(2)11-5-7-12(8-6-11)17-14(16)13(15)10(3)4/h5-10,13H,15H2,1-4H3. The Morgan fingerprint density at radius 3 is 2.06 bits per heavy atom. The molecule has 3 heteroatoms. The second-order valence-corrected chi connectivity index (χ2v) is 4.91. The second-order valence-electron chi connectivity index (χ2n) is 4.91. The molecule has 94 valence electrons. The average Bonchev–Trinajstić information content (AvgIpc) is 2.28. The van der Waals surface area contributed by atoms with Crippen molar-refractivity contribution in [1.82, 2.24) is 0 Å². The Kier molecular flexibility index (Phi) is 4.70. The molecule has 0 radical (unpaired) electrons. The zero-order chi connectivity index (χ0) is 13.0. The maximum atomic E-state index is 11.6. The third-order valence-corrected chi connectivity index (χ3v) is 2.76. The van der Waals surface area contributed by atoms with Gasteiger partial charge in [-0.1, -0.05) is 39.8 Å². The normalized spacial score (nSPS) is 12.9. The van der Waals surface area contributed by atoms with E-state index in [1.807, 2.05) is 26.0 Å². The van der Waals surface area contributed by atoms with Crippen molar-refractivity contribution in [3.63, 3.8) is 0 Å². The number of ether oxygens (including phenoxy) is 1. The van der Waals surface area contributed by atoms with Crippen LogP contribution in [0, 0.1) is 5.92 Å². The van der Waals surface area contributed by atoms with Crippen LogP contribution in [0.5, 0.6) is 5.75 Å². The number of hydrogen-bond donors (Lipinski definition) is 1. The molecule has 0 bridgehead atoms. The van der Waals surface area contributed by atoms with E-state index in [0.29, 0.717) is 11.7 Å². The SMILES string of the molecule is CC(C)c1ccc(OC(=O)C(N)C(C)C)cc1. The first-order valence-corrected chi connectivity index (χ1v) is 5.99. The summed E-state index contributed by atoms with van der Waals surface area (Å²) < 4.78 is 5.21. The summed E-state index contributed by atoms with van der Waals surface area (Å²) >= 11 is 0. The van der Waals surface area contributed by atoms with Crippen LogP contribution in [0.15, 0.2) is 24.3 Å². The summed E-state index contributed by atoms with van der Waals surface area (Å²) in [7, 11) is 0. The van der Waals surface area contributed by atoms with E-state index in [-0.39, 0.29) is 11.9 Å². The van der Waals surface area contributed by atoms with Gasteiger partial charge in [0, 0.05) is 0 Å². The van der Waals surface area contributed by atoms with Crippen molar-refractivity contribution in [2.75, 3.05) is 0 Å². The van der Waals surface area contributed by atoms with Gasteiger partial charge < -0.3 is 10.5 Å². The molecule has 0 aliphatic carbocycles. The number of rotatable bonds is 4. The van der Waals surface area contributed by atoms with Crippen molar-refractivity contribution >= 4 is 5.97 Å². The molecule has 17 heavy (non-hydrogen) atoms. The van der Waals surface area contributed by atoms with Crippen LogP contribution in [-0.2, 0) is 4.79 Å². The van der Waals surface area contributed by atoms with Gasteiger partial charge in [-0.15, -0.1) is 0 Å². The van der Waals surface area contributed by atoms with Crippen molar-refractivity contribution in [1.29, 1.82) is 0 Å². The Balaban J connectivity index is 2.66. The molecule has 2 N–H and O–H groups in total. The van der Waals surface area contributed by atoms with E-state index >= 15 is 0 Å². The van der Waals surface area contributed by atoms with Gasteiger partial charge in [0.25, 0.3) is 0 Å². The minimum absolute atomic E-state index is 0.0810. The Morgan fingerprint density at radius 2 is 1.65 bits per heavy atom. The Hall–Kier alpha value is -1.35. The number of esters is 1. The van der Waals surface area contributed by atoms with Crippen LogP contribution in [0.2, 0.25) is 0 Å². The molecule has 0 aliphatic heterocycles. The van der Waals surface area contributed by atoms with Crippen LogP contribution >= 0.6 is 0 Å². The number of hydrogen-bond acceptors (Lipinski definition) is 3. The molecule has 0 saturated carbocycles. The molecule has 1 rings (SSSR count). The summed E-state index contributed by atoms with van der Waals surface area (Å²) in [6.07, 6.45) is 0. The topological polar surface area (TPSA) is 52.3 Å². The fourth-order valence-corrected chi connectivity index (χ4v) is 1.38. The van der Waals surface area contributed by atoms with Crippen molar-refractivity contribution < 1.29 is 9.53 Å². The van der Waals surface area contributed by atoms with Gasteiger partial charge in [-0.2, -0.15) is 0 Å². The van der Waals surface area contributed by atoms with E-state index < -0.39 is 6.04 Å². The molecular formula is C14H21NO2. The first-order valence-electron chi connectivity index (χ1n) is 5.99. The lowest BCUT2D eigenvalue weighted by atomic mass is 10.0. The molecule has 0 aromatic heterocycles. The first kappa shape index (κ1) is 13.7. The maximum absolute atomic E-state index is 11.6. The molecule has 0 heterocycles. The van der Waals surface area contributed by atoms with E-state index in [9.17, 15) is 4.79 Å². The van der Waals surface area contributed by atoms with Crippen LogP contribution in [0.3, 0.4) is 0 Å². The van der Waals surface area contributed by atoms with Crippen molar-refractivity contribution in [2.45, 2.75) is 39.7 Å². The molecule has 0 saturated heterocycles. The number of nitrogens with two attached hydrogens (primary N) is 1. The summed E-state index contributed by atoms with van der Waals surface area (Å²) in [5.74, 6) is 0.725. The number of carbonyl (C=O) groups is 1. The first-order chi connectivity index (χ1) is 7.91. The Labute approximate surface area is 103 Å². The van der Waals surface area contributed by atoms with Gasteiger partial charge in [-0.25, -0.2) is 4.79 Å². The van der Waals surface area contributed by atoms with E-state index in [2.05, 4.69) is 13.8 Å². The number of carbonyl (C=O) groups excluding carboxylic acids is 1. The van der Waals surface area contributed by atoms with Gasteiger partial charge in [0.15, 0.2) is 0 Å². The highest BCUT2D eigenvalue weighted by Gasteiger charge is 2.19. The van der Waals surface area contributed by atoms with Crippen molar-refractivity contribution in [3.8, 4) is 5.75 Å². The zero-order valence-corrected chi connectivity index (χ0v) is 10.9. The van der Waals surface area contributed by atoms with Gasteiger partial charge in [0.2, 0.25) is 0 Å². The molecule has 1 aromatic carbocycles. The van der Waals surface area contributed by atoms with Gasteiger partial charge in [0.1, 0.15) is 11.8 Å². The van der Waals surface area contributed by atoms with Crippen LogP contribution in [0.1, 0.15) is 39.2 Å². The minimum Gasteiger partial charge on any atom is -0.425 e. The molecule has 1 atom stereocenters. The summed E-state index contributed by atoms with van der Waals surface area (Å²) in [5, 5.41) is 0. The Bertz CT molecular complexity index is 368. The molecule has 0 aliphatic rings. The molecule has 3 nitrogen and oxygen atoms in total. The lowest BCUT2D eigenvalue weighted by molar-refractivity contribution is -0.136. The molecule has 0 spiro atoms. The van der Waals surface area contributed by atoms with Crippen LogP contribution in [-0.4, -0.2) is 12.0 Å². The summed E-state index contributed by atoms with van der Waals surface area (Å²) in [6.45, 7) is 8.03. The highest BCUT2D eigenvalue weighted by molar-refractivity contribution is 5.78. The third kappa shape index (κ3) is 3.86. The quantitative estimate of drug-likeness (QED) is 0.645. The van der Waals surface area contributed by atoms with E-state index in [1.54, 1.807) is 12.1 Å². The zero-order valence-electron chi connectivity index (χ0n) is 10.9. The third-order valence-electron chi connectivity index (χ3n) is 2.76. The fraction of sp³-hybridized carbons (Fsp3) is 0.500. The maximum Gasteiger partial charge on any atom is 0.328 e. The molecule has 1 unspecified atom stereocenters. The monoisotopic (exact) mass is 235 g/mol. The Morgan fingerprint density at radius 1 is 1.12 bits per heavy atom. The van der Waals surface area contributed by atoms with E-state index in [0.717, 1.165) is 0 Å². The predicted octanol–water partition coefficient (Wildman–Crippen LogP) is 2.70. The predicted molar refractivity (Wildman–Crippen MR) is 69.0 cm³/mol. The molecule has 0 fully saturated rings. The summed E-state index contributed by atoms with van der Waals surface area (Å²) in [4.78, 5) is 11.6. The van der Waals surface area contributed by atoms with Crippen LogP contribution in [0.25, 0.3) is 0 Å². The summed E-state index contributed by atoms with van der Waals surface area (Å²) in [6, 6.07) is 6.97. The van der Waals surface area contributed by atoms with Crippen LogP contribution in [0.4, 0.5) is 0 Å². The minimum atomic E-state index is -0.570. The largest absolute Gasteiger partial charge is 0.425 e. The average molecular weight is 235 g/mol. The van der Waals surface area contributed by atoms with Crippen LogP contribution < -0.4 is 10.5 Å². The fourth-order valence-electron chi connectivity index (χ4n) is 1.38. The van der Waals surface area contributed by atoms with Gasteiger partial charge >= 0.3 is 5.97 Å².